The molecule has 5 nitrogen and oxygen atoms in total. The molecule has 0 bridgehead atoms. The minimum atomic E-state index is 0.406. The van der Waals surface area contributed by atoms with Crippen molar-refractivity contribution in [3.05, 3.63) is 60.0 Å². The Morgan fingerprint density at radius 3 is 2.76 bits per heavy atom. The van der Waals surface area contributed by atoms with Crippen LogP contribution in [0.15, 0.2) is 59.3 Å². The van der Waals surface area contributed by atoms with Crippen molar-refractivity contribution in [3.63, 3.8) is 0 Å². The lowest BCUT2D eigenvalue weighted by Gasteiger charge is -1.93. The van der Waals surface area contributed by atoms with Gasteiger partial charge in [-0.1, -0.05) is 41.9 Å². The molecule has 0 fully saturated rings. The maximum Gasteiger partial charge on any atom is 0.247 e. The molecular formula is C15H9ClN4O. The van der Waals surface area contributed by atoms with Crippen LogP contribution in [0.4, 0.5) is 0 Å². The van der Waals surface area contributed by atoms with Crippen molar-refractivity contribution in [3.8, 4) is 22.9 Å². The topological polar surface area (TPSA) is 56.2 Å². The van der Waals surface area contributed by atoms with Gasteiger partial charge in [-0.3, -0.25) is 0 Å². The molecule has 4 aromatic rings. The van der Waals surface area contributed by atoms with Crippen molar-refractivity contribution in [2.75, 3.05) is 0 Å². The Kier molecular flexibility index (Phi) is 2.72. The highest BCUT2D eigenvalue weighted by Crippen LogP contribution is 2.25. The van der Waals surface area contributed by atoms with Gasteiger partial charge in [-0.25, -0.2) is 14.5 Å². The van der Waals surface area contributed by atoms with Gasteiger partial charge < -0.3 is 4.42 Å². The van der Waals surface area contributed by atoms with Gasteiger partial charge >= 0.3 is 0 Å². The average Bonchev–Trinajstić information content (AvgIpc) is 3.14. The van der Waals surface area contributed by atoms with E-state index in [-0.39, 0.29) is 0 Å². The molecule has 6 heteroatoms. The summed E-state index contributed by atoms with van der Waals surface area (Å²) < 4.78 is 7.37. The van der Waals surface area contributed by atoms with Crippen LogP contribution >= 0.6 is 11.6 Å². The molecule has 0 amide bonds. The second-order valence-electron chi connectivity index (χ2n) is 4.48. The van der Waals surface area contributed by atoms with Crippen molar-refractivity contribution < 1.29 is 4.42 Å². The molecule has 0 N–H and O–H groups in total. The van der Waals surface area contributed by atoms with Gasteiger partial charge in [0.2, 0.25) is 5.89 Å². The van der Waals surface area contributed by atoms with Gasteiger partial charge in [-0.15, -0.1) is 0 Å². The molecule has 0 aliphatic carbocycles. The van der Waals surface area contributed by atoms with Crippen LogP contribution in [0, 0.1) is 0 Å². The summed E-state index contributed by atoms with van der Waals surface area (Å²) in [5.41, 5.74) is 2.28. The monoisotopic (exact) mass is 296 g/mol. The van der Waals surface area contributed by atoms with Gasteiger partial charge in [0.15, 0.2) is 11.4 Å². The van der Waals surface area contributed by atoms with Gasteiger partial charge in [0.05, 0.1) is 12.4 Å². The summed E-state index contributed by atoms with van der Waals surface area (Å²) in [6, 6.07) is 13.3. The molecule has 0 unspecified atom stereocenters. The van der Waals surface area contributed by atoms with Gasteiger partial charge in [0.25, 0.3) is 0 Å². The molecule has 102 valence electrons. The summed E-state index contributed by atoms with van der Waals surface area (Å²) in [7, 11) is 0. The molecular weight excluding hydrogens is 288 g/mol. The summed E-state index contributed by atoms with van der Waals surface area (Å²) >= 11 is 5.86. The zero-order valence-corrected chi connectivity index (χ0v) is 11.5. The number of halogens is 1. The van der Waals surface area contributed by atoms with E-state index < -0.39 is 0 Å². The van der Waals surface area contributed by atoms with Crippen LogP contribution < -0.4 is 0 Å². The number of nitrogens with zero attached hydrogens (tertiary/aromatic N) is 4. The lowest BCUT2D eigenvalue weighted by atomic mass is 10.2. The van der Waals surface area contributed by atoms with E-state index in [0.717, 1.165) is 5.56 Å². The minimum absolute atomic E-state index is 0.406. The first-order valence-corrected chi connectivity index (χ1v) is 6.71. The van der Waals surface area contributed by atoms with E-state index in [4.69, 9.17) is 16.0 Å². The first-order valence-electron chi connectivity index (χ1n) is 6.33. The summed E-state index contributed by atoms with van der Waals surface area (Å²) in [5.74, 6) is 1.16. The van der Waals surface area contributed by atoms with Crippen LogP contribution in [-0.2, 0) is 0 Å². The largest absolute Gasteiger partial charge is 0.435 e. The number of rotatable bonds is 2. The Labute approximate surface area is 124 Å². The number of fused-ring (bicyclic) bond motifs is 1. The van der Waals surface area contributed by atoms with Crippen molar-refractivity contribution in [1.29, 1.82) is 0 Å². The quantitative estimate of drug-likeness (QED) is 0.566. The number of hydrogen-bond acceptors (Lipinski definition) is 4. The predicted octanol–water partition coefficient (Wildman–Crippen LogP) is 3.70. The van der Waals surface area contributed by atoms with Crippen molar-refractivity contribution in [1.82, 2.24) is 19.6 Å². The average molecular weight is 297 g/mol. The first-order chi connectivity index (χ1) is 10.3. The van der Waals surface area contributed by atoms with Crippen LogP contribution in [0.25, 0.3) is 28.6 Å². The third kappa shape index (κ3) is 2.17. The third-order valence-electron chi connectivity index (χ3n) is 3.07. The van der Waals surface area contributed by atoms with Gasteiger partial charge in [0.1, 0.15) is 10.8 Å². The van der Waals surface area contributed by atoms with E-state index in [9.17, 15) is 0 Å². The van der Waals surface area contributed by atoms with E-state index in [0.29, 0.717) is 28.1 Å². The highest BCUT2D eigenvalue weighted by molar-refractivity contribution is 6.29. The molecule has 21 heavy (non-hydrogen) atoms. The molecule has 0 atom stereocenters. The number of oxazole rings is 1. The van der Waals surface area contributed by atoms with Crippen LogP contribution in [0.3, 0.4) is 0 Å². The van der Waals surface area contributed by atoms with Crippen molar-refractivity contribution in [2.24, 2.45) is 0 Å². The Balaban J connectivity index is 1.77. The number of benzene rings is 1. The van der Waals surface area contributed by atoms with E-state index in [1.54, 1.807) is 29.0 Å². The SMILES string of the molecule is Clc1ccc2nc(-c3ncc(-c4ccccc4)o3)cn2n1. The smallest absolute Gasteiger partial charge is 0.247 e. The molecule has 0 aliphatic rings. The van der Waals surface area contributed by atoms with Gasteiger partial charge in [-0.05, 0) is 12.1 Å². The van der Waals surface area contributed by atoms with Crippen LogP contribution in [0.1, 0.15) is 0 Å². The Morgan fingerprint density at radius 2 is 1.90 bits per heavy atom. The second kappa shape index (κ2) is 4.71. The molecule has 1 aromatic carbocycles. The van der Waals surface area contributed by atoms with Crippen LogP contribution in [-0.4, -0.2) is 19.6 Å². The molecule has 0 saturated heterocycles. The van der Waals surface area contributed by atoms with Crippen LogP contribution in [0.2, 0.25) is 5.15 Å². The van der Waals surface area contributed by atoms with E-state index >= 15 is 0 Å². The summed E-state index contributed by atoms with van der Waals surface area (Å²) in [6.45, 7) is 0. The van der Waals surface area contributed by atoms with Crippen LogP contribution in [0.5, 0.6) is 0 Å². The summed E-state index contributed by atoms with van der Waals surface area (Å²) in [5, 5.41) is 4.54. The van der Waals surface area contributed by atoms with Crippen molar-refractivity contribution >= 4 is 17.2 Å². The van der Waals surface area contributed by atoms with E-state index in [1.165, 1.54) is 0 Å². The van der Waals surface area contributed by atoms with Gasteiger partial charge in [0, 0.05) is 5.56 Å². The maximum absolute atomic E-state index is 5.86. The Bertz CT molecular complexity index is 914. The lowest BCUT2D eigenvalue weighted by Crippen LogP contribution is -1.88. The molecule has 0 aliphatic heterocycles. The molecule has 0 saturated carbocycles. The molecule has 3 aromatic heterocycles. The first kappa shape index (κ1) is 12.1. The maximum atomic E-state index is 5.86. The molecule has 0 spiro atoms. The highest BCUT2D eigenvalue weighted by Gasteiger charge is 2.12. The molecule has 3 heterocycles. The third-order valence-corrected chi connectivity index (χ3v) is 3.27. The number of imidazole rings is 1. The predicted molar refractivity (Wildman–Crippen MR) is 78.9 cm³/mol. The Morgan fingerprint density at radius 1 is 1.05 bits per heavy atom. The summed E-state index contributed by atoms with van der Waals surface area (Å²) in [4.78, 5) is 8.69. The molecule has 0 radical (unpaired) electrons. The summed E-state index contributed by atoms with van der Waals surface area (Å²) in [6.07, 6.45) is 3.43. The number of aromatic nitrogens is 4. The zero-order chi connectivity index (χ0) is 14.2. The lowest BCUT2D eigenvalue weighted by molar-refractivity contribution is 0.586. The second-order valence-corrected chi connectivity index (χ2v) is 4.87. The molecule has 4 rings (SSSR count). The highest BCUT2D eigenvalue weighted by atomic mass is 35.5. The fourth-order valence-electron chi connectivity index (χ4n) is 2.09. The van der Waals surface area contributed by atoms with Gasteiger partial charge in [-0.2, -0.15) is 5.10 Å². The standard InChI is InChI=1S/C15H9ClN4O/c16-13-6-7-14-18-11(9-20(14)19-13)15-17-8-12(21-15)10-4-2-1-3-5-10/h1-9H. The fraction of sp³-hybridized carbons (Fsp3) is 0. The van der Waals surface area contributed by atoms with E-state index in [2.05, 4.69) is 15.1 Å². The zero-order valence-electron chi connectivity index (χ0n) is 10.8. The number of hydrogen-bond donors (Lipinski definition) is 0. The minimum Gasteiger partial charge on any atom is -0.435 e. The normalized spacial score (nSPS) is 11.1. The fourth-order valence-corrected chi connectivity index (χ4v) is 2.23. The van der Waals surface area contributed by atoms with E-state index in [1.807, 2.05) is 30.3 Å². The Hall–Kier alpha value is -2.66. The van der Waals surface area contributed by atoms with Crippen molar-refractivity contribution in [2.45, 2.75) is 0 Å².